The lowest BCUT2D eigenvalue weighted by atomic mass is 9.65. The van der Waals surface area contributed by atoms with Crippen molar-refractivity contribution in [3.63, 3.8) is 0 Å². The molecule has 3 saturated carbocycles. The summed E-state index contributed by atoms with van der Waals surface area (Å²) in [6.07, 6.45) is 26.9. The highest BCUT2D eigenvalue weighted by atomic mass is 14.5. The fraction of sp³-hybridized carbons (Fsp3) is 0.273. The van der Waals surface area contributed by atoms with Gasteiger partial charge < -0.3 is 0 Å². The third-order valence-electron chi connectivity index (χ3n) is 17.5. The summed E-state index contributed by atoms with van der Waals surface area (Å²) in [5, 5.41) is 0. The molecule has 324 valence electrons. The van der Waals surface area contributed by atoms with Crippen LogP contribution in [0.3, 0.4) is 0 Å². The standard InChI is InChI=1S/C66H60/c1-10-34-64(35-11-1)58-19-7-4-16-52(58)43-61(64)49-28-22-46(23-29-49)55-40-56(47-24-30-50(31-25-47)62-44-53-17-5-8-20-59(53)65(62)36-12-2-13-37-65)42-57(41-55)48-26-32-51(33-27-48)63-45-54-18-6-9-21-60(54)66(63)38-14-3-15-39-66/h4-9,16-33,40-45H,1-3,10-15,34-39H2. The molecule has 3 fully saturated rings. The Morgan fingerprint density at radius 1 is 0.227 bits per heavy atom. The van der Waals surface area contributed by atoms with E-state index in [1.54, 1.807) is 16.7 Å². The summed E-state index contributed by atoms with van der Waals surface area (Å²) in [4.78, 5) is 0. The molecule has 0 nitrogen and oxygen atoms in total. The van der Waals surface area contributed by atoms with E-state index >= 15 is 0 Å². The molecular formula is C66H60. The summed E-state index contributed by atoms with van der Waals surface area (Å²) in [7, 11) is 0. The molecule has 0 N–H and O–H groups in total. The van der Waals surface area contributed by atoms with Crippen LogP contribution in [0.1, 0.15) is 146 Å². The Morgan fingerprint density at radius 2 is 0.470 bits per heavy atom. The SMILES string of the molecule is C1=C(c2ccc(-c3cc(-c4ccc(C5=Cc6ccccc6C56CCCCC6)cc4)cc(-c4ccc(C5=Cc6ccccc6C56CCCCC6)cc4)c3)cc2)C2(CCCCC2)c2ccccc21. The fourth-order valence-electron chi connectivity index (χ4n) is 14.3. The van der Waals surface area contributed by atoms with E-state index in [1.165, 1.54) is 180 Å². The summed E-state index contributed by atoms with van der Waals surface area (Å²) in [6.45, 7) is 0. The second-order valence-electron chi connectivity index (χ2n) is 20.9. The van der Waals surface area contributed by atoms with Gasteiger partial charge >= 0.3 is 0 Å². The number of fused-ring (bicyclic) bond motifs is 6. The number of hydrogen-bond donors (Lipinski definition) is 0. The van der Waals surface area contributed by atoms with Gasteiger partial charge in [-0.1, -0.05) is 203 Å². The predicted octanol–water partition coefficient (Wildman–Crippen LogP) is 18.0. The topological polar surface area (TPSA) is 0 Å². The molecule has 0 bridgehead atoms. The highest BCUT2D eigenvalue weighted by Crippen LogP contribution is 2.57. The Hall–Kier alpha value is -6.24. The lowest BCUT2D eigenvalue weighted by Gasteiger charge is -2.38. The molecule has 7 aromatic carbocycles. The van der Waals surface area contributed by atoms with Gasteiger partial charge in [-0.25, -0.2) is 0 Å². The van der Waals surface area contributed by atoms with Gasteiger partial charge in [-0.3, -0.25) is 0 Å². The largest absolute Gasteiger partial charge is 0.0619 e. The van der Waals surface area contributed by atoms with Gasteiger partial charge in [0.25, 0.3) is 0 Å². The van der Waals surface area contributed by atoms with Gasteiger partial charge in [0.2, 0.25) is 0 Å². The molecule has 3 spiro atoms. The summed E-state index contributed by atoms with van der Waals surface area (Å²) in [6, 6.07) is 63.8. The monoisotopic (exact) mass is 852 g/mol. The van der Waals surface area contributed by atoms with Gasteiger partial charge in [0.15, 0.2) is 0 Å². The van der Waals surface area contributed by atoms with Gasteiger partial charge in [0, 0.05) is 16.2 Å². The smallest absolute Gasteiger partial charge is 0.0215 e. The highest BCUT2D eigenvalue weighted by molar-refractivity contribution is 5.97. The molecule has 13 rings (SSSR count). The maximum Gasteiger partial charge on any atom is 0.0215 e. The van der Waals surface area contributed by atoms with E-state index in [9.17, 15) is 0 Å². The quantitative estimate of drug-likeness (QED) is 0.156. The Bertz CT molecular complexity index is 2730. The van der Waals surface area contributed by atoms with Crippen molar-refractivity contribution in [1.82, 2.24) is 0 Å². The third-order valence-corrected chi connectivity index (χ3v) is 17.5. The average molecular weight is 853 g/mol. The van der Waals surface area contributed by atoms with E-state index < -0.39 is 0 Å². The molecule has 6 aliphatic rings. The molecule has 0 amide bonds. The molecular weight excluding hydrogens is 793 g/mol. The van der Waals surface area contributed by atoms with Crippen molar-refractivity contribution in [3.8, 4) is 33.4 Å². The second kappa shape index (κ2) is 16.0. The van der Waals surface area contributed by atoms with Gasteiger partial charge in [-0.2, -0.15) is 0 Å². The van der Waals surface area contributed by atoms with Crippen LogP contribution in [0.2, 0.25) is 0 Å². The molecule has 0 atom stereocenters. The fourth-order valence-corrected chi connectivity index (χ4v) is 14.3. The van der Waals surface area contributed by atoms with Crippen LogP contribution in [-0.4, -0.2) is 0 Å². The Labute approximate surface area is 392 Å². The van der Waals surface area contributed by atoms with Crippen LogP contribution in [0.25, 0.3) is 68.3 Å². The van der Waals surface area contributed by atoms with Gasteiger partial charge in [0.05, 0.1) is 0 Å². The Kier molecular flexibility index (Phi) is 9.70. The molecule has 0 aromatic heterocycles. The van der Waals surface area contributed by atoms with E-state index in [0.717, 1.165) is 0 Å². The second-order valence-corrected chi connectivity index (χ2v) is 20.9. The summed E-state index contributed by atoms with van der Waals surface area (Å²) >= 11 is 0. The maximum absolute atomic E-state index is 2.51. The molecule has 7 aromatic rings. The molecule has 0 aliphatic heterocycles. The first-order chi connectivity index (χ1) is 32.6. The first kappa shape index (κ1) is 40.1. The van der Waals surface area contributed by atoms with Crippen LogP contribution in [-0.2, 0) is 16.2 Å². The minimum atomic E-state index is 0.143. The molecule has 0 heteroatoms. The first-order valence-corrected chi connectivity index (χ1v) is 25.5. The van der Waals surface area contributed by atoms with Crippen LogP contribution in [0.5, 0.6) is 0 Å². The van der Waals surface area contributed by atoms with Crippen molar-refractivity contribution in [1.29, 1.82) is 0 Å². The van der Waals surface area contributed by atoms with E-state index in [2.05, 4.69) is 182 Å². The van der Waals surface area contributed by atoms with Crippen LogP contribution in [0.4, 0.5) is 0 Å². The van der Waals surface area contributed by atoms with Gasteiger partial charge in [0.1, 0.15) is 0 Å². The average Bonchev–Trinajstić information content (AvgIpc) is 3.99. The molecule has 0 heterocycles. The lowest BCUT2D eigenvalue weighted by Crippen LogP contribution is -2.28. The number of rotatable bonds is 6. The predicted molar refractivity (Wildman–Crippen MR) is 280 cm³/mol. The normalized spacial score (nSPS) is 19.5. The maximum atomic E-state index is 2.51. The van der Waals surface area contributed by atoms with E-state index in [4.69, 9.17) is 0 Å². The van der Waals surface area contributed by atoms with Crippen LogP contribution >= 0.6 is 0 Å². The minimum absolute atomic E-state index is 0.143. The Balaban J connectivity index is 0.877. The third kappa shape index (κ3) is 6.38. The molecule has 0 saturated heterocycles. The van der Waals surface area contributed by atoms with E-state index in [1.807, 2.05) is 0 Å². The zero-order valence-corrected chi connectivity index (χ0v) is 38.4. The molecule has 6 aliphatic carbocycles. The van der Waals surface area contributed by atoms with E-state index in [-0.39, 0.29) is 16.2 Å². The Morgan fingerprint density at radius 3 is 0.742 bits per heavy atom. The molecule has 0 radical (unpaired) electrons. The van der Waals surface area contributed by atoms with Crippen molar-refractivity contribution in [2.45, 2.75) is 113 Å². The van der Waals surface area contributed by atoms with Crippen molar-refractivity contribution in [2.75, 3.05) is 0 Å². The minimum Gasteiger partial charge on any atom is -0.0619 e. The first-order valence-electron chi connectivity index (χ1n) is 25.5. The molecule has 66 heavy (non-hydrogen) atoms. The zero-order chi connectivity index (χ0) is 43.7. The van der Waals surface area contributed by atoms with Crippen molar-refractivity contribution in [2.24, 2.45) is 0 Å². The highest BCUT2D eigenvalue weighted by Gasteiger charge is 2.45. The van der Waals surface area contributed by atoms with Crippen LogP contribution in [0, 0.1) is 0 Å². The number of allylic oxidation sites excluding steroid dienone is 3. The van der Waals surface area contributed by atoms with Crippen molar-refractivity contribution in [3.05, 3.63) is 214 Å². The number of benzene rings is 7. The lowest BCUT2D eigenvalue weighted by molar-refractivity contribution is 0.372. The summed E-state index contributed by atoms with van der Waals surface area (Å²) in [5.74, 6) is 0. The van der Waals surface area contributed by atoms with Crippen molar-refractivity contribution < 1.29 is 0 Å². The van der Waals surface area contributed by atoms with Gasteiger partial charge in [-0.05, 0) is 175 Å². The summed E-state index contributed by atoms with van der Waals surface area (Å²) < 4.78 is 0. The number of hydrogen-bond acceptors (Lipinski definition) is 0. The van der Waals surface area contributed by atoms with Crippen LogP contribution in [0.15, 0.2) is 164 Å². The van der Waals surface area contributed by atoms with Crippen molar-refractivity contribution >= 4 is 34.9 Å². The van der Waals surface area contributed by atoms with Crippen LogP contribution < -0.4 is 0 Å². The zero-order valence-electron chi connectivity index (χ0n) is 38.4. The molecule has 0 unspecified atom stereocenters. The summed E-state index contributed by atoms with van der Waals surface area (Å²) in [5.41, 5.74) is 25.6. The van der Waals surface area contributed by atoms with Gasteiger partial charge in [-0.15, -0.1) is 0 Å². The van der Waals surface area contributed by atoms with E-state index in [0.29, 0.717) is 0 Å².